The quantitative estimate of drug-likeness (QED) is 0.218. The van der Waals surface area contributed by atoms with Crippen LogP contribution in [0.2, 0.25) is 0 Å². The molecule has 3 rings (SSSR count). The second kappa shape index (κ2) is 12.0. The molecule has 35 heavy (non-hydrogen) atoms. The highest BCUT2D eigenvalue weighted by atomic mass is 16.5. The van der Waals surface area contributed by atoms with E-state index in [2.05, 4.69) is 13.2 Å². The summed E-state index contributed by atoms with van der Waals surface area (Å²) in [6.07, 6.45) is 3.98. The van der Waals surface area contributed by atoms with Crippen LogP contribution >= 0.6 is 0 Å². The lowest BCUT2D eigenvalue weighted by molar-refractivity contribution is -0.858. The first-order valence-electron chi connectivity index (χ1n) is 11.6. The van der Waals surface area contributed by atoms with Gasteiger partial charge in [-0.15, -0.1) is 0 Å². The van der Waals surface area contributed by atoms with Gasteiger partial charge in [0.15, 0.2) is 0 Å². The van der Waals surface area contributed by atoms with E-state index in [4.69, 9.17) is 9.47 Å². The molecule has 0 aromatic heterocycles. The van der Waals surface area contributed by atoms with E-state index in [9.17, 15) is 14.7 Å². The number of rotatable bonds is 12. The Labute approximate surface area is 206 Å². The van der Waals surface area contributed by atoms with Gasteiger partial charge in [0.05, 0.1) is 26.7 Å². The Kier molecular flexibility index (Phi) is 8.86. The average Bonchev–Trinajstić information content (AvgIpc) is 3.11. The van der Waals surface area contributed by atoms with Crippen LogP contribution in [0, 0.1) is 0 Å². The van der Waals surface area contributed by atoms with Gasteiger partial charge < -0.3 is 24.4 Å². The van der Waals surface area contributed by atoms with Gasteiger partial charge >= 0.3 is 0 Å². The van der Waals surface area contributed by atoms with E-state index < -0.39 is 23.5 Å². The summed E-state index contributed by atoms with van der Waals surface area (Å²) in [5.74, 6) is -0.646. The third-order valence-corrected chi connectivity index (χ3v) is 5.65. The highest BCUT2D eigenvalue weighted by Crippen LogP contribution is 2.39. The van der Waals surface area contributed by atoms with Crippen molar-refractivity contribution in [3.8, 4) is 11.5 Å². The molecule has 0 spiro atoms. The number of Topliss-reactive ketones (excluding diaryl/α,β-unsaturated/α-hetero) is 1. The smallest absolute Gasteiger partial charge is 0.295 e. The minimum absolute atomic E-state index is 0.0354. The normalized spacial score (nSPS) is 17.0. The van der Waals surface area contributed by atoms with E-state index in [1.165, 1.54) is 9.80 Å². The van der Waals surface area contributed by atoms with Crippen molar-refractivity contribution in [3.05, 3.63) is 90.5 Å². The Bertz CT molecular complexity index is 1090. The molecule has 0 radical (unpaired) electrons. The van der Waals surface area contributed by atoms with E-state index in [1.807, 2.05) is 14.1 Å². The zero-order chi connectivity index (χ0) is 25.4. The molecule has 1 N–H and O–H groups in total. The number of nitrogens with one attached hydrogen (secondary N) is 1. The van der Waals surface area contributed by atoms with E-state index in [0.717, 1.165) is 6.54 Å². The first-order chi connectivity index (χ1) is 16.9. The number of hydrogen-bond acceptors (Lipinski definition) is 5. The molecular formula is C28H32N2O5. The number of hydrogen-bond donors (Lipinski definition) is 1. The van der Waals surface area contributed by atoms with Crippen molar-refractivity contribution < 1.29 is 29.1 Å². The molecule has 1 amide bonds. The van der Waals surface area contributed by atoms with Crippen molar-refractivity contribution in [2.45, 2.75) is 12.5 Å². The van der Waals surface area contributed by atoms with Gasteiger partial charge in [0.1, 0.15) is 24.7 Å². The molecule has 1 aliphatic heterocycles. The SMILES string of the molecule is C=CCOc1ccc(C([O-])=C2C(=O)C(=O)N(CCC[NH+](C)C)C2c2ccc(OCC=C)cc2)cc1. The number of amides is 1. The van der Waals surface area contributed by atoms with Crippen LogP contribution in [-0.4, -0.2) is 57.0 Å². The third-order valence-electron chi connectivity index (χ3n) is 5.65. The number of carbonyl (C=O) groups is 2. The summed E-state index contributed by atoms with van der Waals surface area (Å²) in [5, 5.41) is 13.5. The molecule has 1 saturated heterocycles. The molecule has 1 fully saturated rings. The van der Waals surface area contributed by atoms with Gasteiger partial charge in [0, 0.05) is 18.5 Å². The van der Waals surface area contributed by atoms with Crippen LogP contribution in [0.3, 0.4) is 0 Å². The number of ether oxygens (including phenoxy) is 2. The second-order valence-corrected chi connectivity index (χ2v) is 8.58. The predicted molar refractivity (Wildman–Crippen MR) is 133 cm³/mol. The molecule has 2 aromatic rings. The summed E-state index contributed by atoms with van der Waals surface area (Å²) in [7, 11) is 4.06. The summed E-state index contributed by atoms with van der Waals surface area (Å²) in [4.78, 5) is 28.9. The predicted octanol–water partition coefficient (Wildman–Crippen LogP) is 1.57. The summed E-state index contributed by atoms with van der Waals surface area (Å²) < 4.78 is 11.0. The number of nitrogens with zero attached hydrogens (tertiary/aromatic N) is 1. The topological polar surface area (TPSA) is 83.3 Å². The minimum atomic E-state index is -0.759. The highest BCUT2D eigenvalue weighted by molar-refractivity contribution is 6.46. The lowest BCUT2D eigenvalue weighted by atomic mass is 9.95. The number of likely N-dealkylation sites (tertiary alicyclic amines) is 1. The van der Waals surface area contributed by atoms with Crippen LogP contribution in [0.5, 0.6) is 11.5 Å². The molecule has 184 valence electrons. The lowest BCUT2D eigenvalue weighted by Crippen LogP contribution is -3.05. The van der Waals surface area contributed by atoms with Crippen molar-refractivity contribution in [1.82, 2.24) is 4.90 Å². The maximum absolute atomic E-state index is 13.5. The Morgan fingerprint density at radius 3 is 2.03 bits per heavy atom. The van der Waals surface area contributed by atoms with E-state index >= 15 is 0 Å². The molecule has 7 heteroatoms. The number of benzene rings is 2. The van der Waals surface area contributed by atoms with Crippen LogP contribution < -0.4 is 19.5 Å². The average molecular weight is 477 g/mol. The summed E-state index contributed by atoms with van der Waals surface area (Å²) in [6.45, 7) is 9.16. The van der Waals surface area contributed by atoms with Crippen LogP contribution in [0.15, 0.2) is 79.4 Å². The van der Waals surface area contributed by atoms with Crippen molar-refractivity contribution in [2.75, 3.05) is 40.4 Å². The summed E-state index contributed by atoms with van der Waals surface area (Å²) in [6, 6.07) is 12.9. The molecule has 7 nitrogen and oxygen atoms in total. The van der Waals surface area contributed by atoms with Gasteiger partial charge in [-0.3, -0.25) is 9.59 Å². The molecule has 1 heterocycles. The van der Waals surface area contributed by atoms with Crippen LogP contribution in [0.1, 0.15) is 23.6 Å². The molecule has 1 aliphatic rings. The van der Waals surface area contributed by atoms with E-state index in [0.29, 0.717) is 48.8 Å². The van der Waals surface area contributed by atoms with Gasteiger partial charge in [0.2, 0.25) is 5.78 Å². The fourth-order valence-electron chi connectivity index (χ4n) is 3.97. The number of quaternary nitrogens is 1. The van der Waals surface area contributed by atoms with Crippen LogP contribution in [0.4, 0.5) is 0 Å². The number of carbonyl (C=O) groups excluding carboxylic acids is 2. The molecule has 1 atom stereocenters. The fourth-order valence-corrected chi connectivity index (χ4v) is 3.97. The third kappa shape index (κ3) is 6.19. The van der Waals surface area contributed by atoms with Gasteiger partial charge in [0.25, 0.3) is 5.91 Å². The molecule has 0 aliphatic carbocycles. The first kappa shape index (κ1) is 25.8. The summed E-state index contributed by atoms with van der Waals surface area (Å²) in [5.41, 5.74) is 0.969. The van der Waals surface area contributed by atoms with E-state index in [1.54, 1.807) is 60.7 Å². The second-order valence-electron chi connectivity index (χ2n) is 8.58. The maximum Gasteiger partial charge on any atom is 0.295 e. The fraction of sp³-hybridized carbons (Fsp3) is 0.286. The molecule has 2 aromatic carbocycles. The minimum Gasteiger partial charge on any atom is -0.872 e. The first-order valence-corrected chi connectivity index (χ1v) is 11.6. The zero-order valence-corrected chi connectivity index (χ0v) is 20.3. The molecule has 1 unspecified atom stereocenters. The molecule has 0 bridgehead atoms. The Morgan fingerprint density at radius 2 is 1.51 bits per heavy atom. The maximum atomic E-state index is 13.5. The van der Waals surface area contributed by atoms with Gasteiger partial charge in [-0.25, -0.2) is 0 Å². The summed E-state index contributed by atoms with van der Waals surface area (Å²) >= 11 is 0. The highest BCUT2D eigenvalue weighted by Gasteiger charge is 2.43. The van der Waals surface area contributed by atoms with Crippen molar-refractivity contribution in [2.24, 2.45) is 0 Å². The Balaban J connectivity index is 2.00. The lowest BCUT2D eigenvalue weighted by Gasteiger charge is -2.28. The van der Waals surface area contributed by atoms with Crippen LogP contribution in [-0.2, 0) is 9.59 Å². The van der Waals surface area contributed by atoms with Gasteiger partial charge in [-0.1, -0.05) is 55.3 Å². The van der Waals surface area contributed by atoms with Crippen molar-refractivity contribution >= 4 is 17.4 Å². The Hall–Kier alpha value is -3.84. The van der Waals surface area contributed by atoms with Gasteiger partial charge in [-0.2, -0.15) is 0 Å². The standard InChI is InChI=1S/C28H32N2O5/c1-5-18-34-22-12-8-20(9-13-22)25-24(27(32)28(33)30(25)17-7-16-29(3)4)26(31)21-10-14-23(15-11-21)35-19-6-2/h5-6,8-15,25,31H,1-2,7,16-19H2,3-4H3. The zero-order valence-electron chi connectivity index (χ0n) is 20.3. The largest absolute Gasteiger partial charge is 0.872 e. The van der Waals surface area contributed by atoms with E-state index in [-0.39, 0.29) is 5.57 Å². The molecular weight excluding hydrogens is 444 g/mol. The van der Waals surface area contributed by atoms with Crippen molar-refractivity contribution in [3.63, 3.8) is 0 Å². The monoisotopic (exact) mass is 476 g/mol. The van der Waals surface area contributed by atoms with Gasteiger partial charge in [-0.05, 0) is 35.4 Å². The molecule has 0 saturated carbocycles. The van der Waals surface area contributed by atoms with Crippen LogP contribution in [0.25, 0.3) is 5.76 Å². The number of ketones is 1. The van der Waals surface area contributed by atoms with Crippen molar-refractivity contribution in [1.29, 1.82) is 0 Å². The Morgan fingerprint density at radius 1 is 0.971 bits per heavy atom.